The van der Waals surface area contributed by atoms with Gasteiger partial charge in [0.05, 0.1) is 19.3 Å². The molecule has 0 unspecified atom stereocenters. The maximum absolute atomic E-state index is 12.9. The summed E-state index contributed by atoms with van der Waals surface area (Å²) < 4.78 is 37.4. The van der Waals surface area contributed by atoms with Gasteiger partial charge in [-0.05, 0) is 30.5 Å². The second-order valence-corrected chi connectivity index (χ2v) is 8.67. The van der Waals surface area contributed by atoms with Crippen molar-refractivity contribution in [3.05, 3.63) is 34.9 Å². The van der Waals surface area contributed by atoms with Gasteiger partial charge in [0.15, 0.2) is 0 Å². The van der Waals surface area contributed by atoms with E-state index in [-0.39, 0.29) is 17.5 Å². The predicted octanol–water partition coefficient (Wildman–Crippen LogP) is 2.74. The van der Waals surface area contributed by atoms with E-state index in [1.807, 2.05) is 11.9 Å². The molecule has 7 nitrogen and oxygen atoms in total. The molecule has 1 atom stereocenters. The molecular formula is C19H22F2N4O3S. The van der Waals surface area contributed by atoms with Crippen LogP contribution in [0.1, 0.15) is 34.3 Å². The number of fused-ring (bicyclic) bond motifs is 1. The lowest BCUT2D eigenvalue weighted by atomic mass is 10.1. The number of morpholine rings is 1. The van der Waals surface area contributed by atoms with Gasteiger partial charge in [-0.3, -0.25) is 15.6 Å². The van der Waals surface area contributed by atoms with Crippen LogP contribution in [0, 0.1) is 10.8 Å². The number of halogens is 2. The molecule has 10 heteroatoms. The van der Waals surface area contributed by atoms with Crippen LogP contribution in [0.2, 0.25) is 0 Å². The number of nitrogens with one attached hydrogen (secondary N) is 2. The van der Waals surface area contributed by atoms with E-state index < -0.39 is 18.2 Å². The number of carbonyl (C=O) groups excluding carboxylic acids is 1. The monoisotopic (exact) mass is 424 g/mol. The lowest BCUT2D eigenvalue weighted by Gasteiger charge is -2.36. The lowest BCUT2D eigenvalue weighted by Crippen LogP contribution is -2.48. The van der Waals surface area contributed by atoms with Gasteiger partial charge in [0.1, 0.15) is 0 Å². The predicted molar refractivity (Wildman–Crippen MR) is 105 cm³/mol. The van der Waals surface area contributed by atoms with Crippen molar-refractivity contribution in [3.63, 3.8) is 0 Å². The fraction of sp³-hybridized carbons (Fsp3) is 0.526. The molecule has 1 saturated carbocycles. The minimum atomic E-state index is -3.09. The Kier molecular flexibility index (Phi) is 5.84. The highest BCUT2D eigenvalue weighted by Crippen LogP contribution is 2.38. The molecule has 1 amide bonds. The molecule has 156 valence electrons. The average molecular weight is 424 g/mol. The Morgan fingerprint density at radius 3 is 2.86 bits per heavy atom. The number of carbonyl (C=O) groups is 1. The third-order valence-corrected chi connectivity index (χ3v) is 6.60. The Bertz CT molecular complexity index is 834. The number of benzene rings is 1. The third-order valence-electron chi connectivity index (χ3n) is 5.07. The van der Waals surface area contributed by atoms with Crippen molar-refractivity contribution in [1.82, 2.24) is 9.21 Å². The van der Waals surface area contributed by atoms with Crippen LogP contribution in [0.3, 0.4) is 0 Å². The Morgan fingerprint density at radius 2 is 2.14 bits per heavy atom. The highest BCUT2D eigenvalue weighted by molar-refractivity contribution is 7.97. The van der Waals surface area contributed by atoms with E-state index in [9.17, 15) is 13.6 Å². The molecule has 0 bridgehead atoms. The highest BCUT2D eigenvalue weighted by atomic mass is 32.2. The molecule has 0 aromatic heterocycles. The Morgan fingerprint density at radius 1 is 1.34 bits per heavy atom. The Hall–Kier alpha value is -2.04. The van der Waals surface area contributed by atoms with E-state index >= 15 is 0 Å². The normalized spacial score (nSPS) is 22.1. The van der Waals surface area contributed by atoms with E-state index in [2.05, 4.69) is 9.04 Å². The second-order valence-electron chi connectivity index (χ2n) is 7.33. The van der Waals surface area contributed by atoms with Crippen LogP contribution >= 0.6 is 11.9 Å². The zero-order chi connectivity index (χ0) is 20.5. The summed E-state index contributed by atoms with van der Waals surface area (Å²) in [6.45, 7) is 3.14. The van der Waals surface area contributed by atoms with E-state index in [0.717, 1.165) is 12.1 Å². The fourth-order valence-electron chi connectivity index (χ4n) is 3.40. The summed E-state index contributed by atoms with van der Waals surface area (Å²) in [5.41, 5.74) is 1.46. The molecule has 1 aromatic carbocycles. The van der Waals surface area contributed by atoms with Gasteiger partial charge in [0.25, 0.3) is 11.8 Å². The standard InChI is InChI=1S/C19H22F2N4O3S/c20-16(21)18(23)28-17(22)11-1-2-12-8-24(19(26)15(12)7-11)9-13-10-27-6-5-25(13)29-14-3-4-14/h1-2,7,13-14,16,22-23H,3-6,8-10H2/t13-/m0/s1. The van der Waals surface area contributed by atoms with E-state index in [1.165, 1.54) is 18.9 Å². The van der Waals surface area contributed by atoms with Gasteiger partial charge in [-0.2, -0.15) is 8.78 Å². The molecule has 2 heterocycles. The summed E-state index contributed by atoms with van der Waals surface area (Å²) in [5, 5.41) is 15.5. The smallest absolute Gasteiger partial charge is 0.312 e. The van der Waals surface area contributed by atoms with Crippen LogP contribution in [0.25, 0.3) is 0 Å². The first kappa shape index (κ1) is 20.2. The zero-order valence-electron chi connectivity index (χ0n) is 15.7. The van der Waals surface area contributed by atoms with Crippen molar-refractivity contribution < 1.29 is 23.0 Å². The van der Waals surface area contributed by atoms with E-state index in [0.29, 0.717) is 37.1 Å². The van der Waals surface area contributed by atoms with Crippen molar-refractivity contribution in [3.8, 4) is 0 Å². The largest absolute Gasteiger partial charge is 0.419 e. The van der Waals surface area contributed by atoms with Crippen LogP contribution in [-0.2, 0) is 16.0 Å². The highest BCUT2D eigenvalue weighted by Gasteiger charge is 2.35. The fourth-order valence-corrected chi connectivity index (χ4v) is 4.61. The number of nitrogens with zero attached hydrogens (tertiary/aromatic N) is 2. The number of hydrogen-bond acceptors (Lipinski definition) is 7. The number of ether oxygens (including phenoxy) is 2. The Balaban J connectivity index is 1.42. The van der Waals surface area contributed by atoms with Crippen molar-refractivity contribution >= 4 is 29.7 Å². The summed E-state index contributed by atoms with van der Waals surface area (Å²) in [5.74, 6) is -2.01. The molecule has 2 fully saturated rings. The molecule has 1 aromatic rings. The molecule has 0 spiro atoms. The molecule has 2 N–H and O–H groups in total. The second kappa shape index (κ2) is 8.37. The van der Waals surface area contributed by atoms with Crippen LogP contribution in [0.15, 0.2) is 18.2 Å². The maximum atomic E-state index is 12.9. The summed E-state index contributed by atoms with van der Waals surface area (Å²) in [6.07, 6.45) is -0.609. The summed E-state index contributed by atoms with van der Waals surface area (Å²) in [7, 11) is 0. The molecule has 0 radical (unpaired) electrons. The minimum Gasteiger partial charge on any atom is -0.419 e. The van der Waals surface area contributed by atoms with E-state index in [4.69, 9.17) is 15.6 Å². The van der Waals surface area contributed by atoms with Gasteiger partial charge in [0, 0.05) is 36.0 Å². The quantitative estimate of drug-likeness (QED) is 0.416. The van der Waals surface area contributed by atoms with Crippen molar-refractivity contribution in [2.75, 3.05) is 26.3 Å². The Labute approximate surface area is 171 Å². The topological polar surface area (TPSA) is 89.7 Å². The first-order valence-electron chi connectivity index (χ1n) is 9.49. The first-order chi connectivity index (χ1) is 13.9. The number of rotatable bonds is 6. The van der Waals surface area contributed by atoms with Crippen LogP contribution < -0.4 is 0 Å². The lowest BCUT2D eigenvalue weighted by molar-refractivity contribution is 0.0225. The molecular weight excluding hydrogens is 402 g/mol. The number of alkyl halides is 2. The summed E-state index contributed by atoms with van der Waals surface area (Å²) >= 11 is 1.87. The molecule has 2 aliphatic heterocycles. The van der Waals surface area contributed by atoms with E-state index in [1.54, 1.807) is 17.0 Å². The summed E-state index contributed by atoms with van der Waals surface area (Å²) in [6, 6.07) is 4.86. The van der Waals surface area contributed by atoms with Crippen molar-refractivity contribution in [1.29, 1.82) is 10.8 Å². The number of hydrogen-bond donors (Lipinski definition) is 2. The molecule has 1 aliphatic carbocycles. The zero-order valence-corrected chi connectivity index (χ0v) is 16.5. The van der Waals surface area contributed by atoms with Gasteiger partial charge < -0.3 is 14.4 Å². The maximum Gasteiger partial charge on any atom is 0.312 e. The minimum absolute atomic E-state index is 0.125. The van der Waals surface area contributed by atoms with Crippen molar-refractivity contribution in [2.45, 2.75) is 37.1 Å². The van der Waals surface area contributed by atoms with Crippen LogP contribution in [-0.4, -0.2) is 70.9 Å². The van der Waals surface area contributed by atoms with Crippen LogP contribution in [0.5, 0.6) is 0 Å². The SMILES string of the molecule is N=C(OC(=N)C(F)F)c1ccc2c(c1)C(=O)N(C[C@H]1COCCN1SC1CC1)C2. The van der Waals surface area contributed by atoms with Gasteiger partial charge in [-0.25, -0.2) is 4.31 Å². The van der Waals surface area contributed by atoms with Gasteiger partial charge in [0.2, 0.25) is 5.90 Å². The van der Waals surface area contributed by atoms with Crippen LogP contribution in [0.4, 0.5) is 8.78 Å². The average Bonchev–Trinajstić information content (AvgIpc) is 3.47. The molecule has 3 aliphatic rings. The number of amides is 1. The summed E-state index contributed by atoms with van der Waals surface area (Å²) in [4.78, 5) is 14.7. The van der Waals surface area contributed by atoms with Crippen molar-refractivity contribution in [2.24, 2.45) is 0 Å². The van der Waals surface area contributed by atoms with Gasteiger partial charge >= 0.3 is 6.43 Å². The molecule has 29 heavy (non-hydrogen) atoms. The van der Waals surface area contributed by atoms with Gasteiger partial charge in [-0.1, -0.05) is 18.0 Å². The first-order valence-corrected chi connectivity index (χ1v) is 10.3. The van der Waals surface area contributed by atoms with Gasteiger partial charge in [-0.15, -0.1) is 0 Å². The molecule has 4 rings (SSSR count). The molecule has 1 saturated heterocycles. The third kappa shape index (κ3) is 4.59.